The van der Waals surface area contributed by atoms with E-state index in [0.29, 0.717) is 17.5 Å². The third kappa shape index (κ3) is 4.32. The third-order valence-corrected chi connectivity index (χ3v) is 3.71. The van der Waals surface area contributed by atoms with Crippen LogP contribution in [0.3, 0.4) is 0 Å². The average molecular weight is 322 g/mol. The van der Waals surface area contributed by atoms with Gasteiger partial charge >= 0.3 is 0 Å². The van der Waals surface area contributed by atoms with Crippen LogP contribution in [0.2, 0.25) is 5.02 Å². The summed E-state index contributed by atoms with van der Waals surface area (Å²) in [6, 6.07) is 7.08. The first-order chi connectivity index (χ1) is 10.6. The number of nitrogens with two attached hydrogens (primary N) is 1. The molecule has 1 aromatic heterocycles. The van der Waals surface area contributed by atoms with Crippen molar-refractivity contribution in [2.45, 2.75) is 38.8 Å². The van der Waals surface area contributed by atoms with E-state index in [1.165, 1.54) is 6.26 Å². The number of benzene rings is 1. The molecular weight excluding hydrogens is 302 g/mol. The standard InChI is InChI=1S/C16H20ClN3O2/c1-2-3-8-13(18)16-20-14(10-22-16)15(21)19-9-11-6-4-5-7-12(11)17/h4-7,10,13H,2-3,8-9,18H2,1H3,(H,19,21). The summed E-state index contributed by atoms with van der Waals surface area (Å²) in [4.78, 5) is 16.2. The first-order valence-electron chi connectivity index (χ1n) is 7.34. The molecule has 1 amide bonds. The number of nitrogens with one attached hydrogen (secondary N) is 1. The zero-order valence-electron chi connectivity index (χ0n) is 12.5. The Hall–Kier alpha value is -1.85. The minimum atomic E-state index is -0.308. The molecule has 0 saturated heterocycles. The van der Waals surface area contributed by atoms with Gasteiger partial charge in [-0.15, -0.1) is 0 Å². The number of hydrogen-bond acceptors (Lipinski definition) is 4. The van der Waals surface area contributed by atoms with Gasteiger partial charge in [-0.3, -0.25) is 4.79 Å². The second kappa shape index (κ2) is 7.96. The molecule has 0 aliphatic carbocycles. The molecule has 118 valence electrons. The van der Waals surface area contributed by atoms with E-state index in [9.17, 15) is 4.79 Å². The predicted octanol–water partition coefficient (Wildman–Crippen LogP) is 3.45. The minimum absolute atomic E-state index is 0.231. The van der Waals surface area contributed by atoms with Gasteiger partial charge in [0, 0.05) is 11.6 Å². The van der Waals surface area contributed by atoms with E-state index in [4.69, 9.17) is 21.8 Å². The van der Waals surface area contributed by atoms with E-state index < -0.39 is 0 Å². The summed E-state index contributed by atoms with van der Waals surface area (Å²) in [7, 11) is 0. The number of amides is 1. The maximum absolute atomic E-state index is 12.1. The van der Waals surface area contributed by atoms with Gasteiger partial charge in [-0.2, -0.15) is 0 Å². The van der Waals surface area contributed by atoms with Crippen LogP contribution < -0.4 is 11.1 Å². The van der Waals surface area contributed by atoms with E-state index in [-0.39, 0.29) is 17.6 Å². The third-order valence-electron chi connectivity index (χ3n) is 3.34. The van der Waals surface area contributed by atoms with Gasteiger partial charge < -0.3 is 15.5 Å². The van der Waals surface area contributed by atoms with Crippen LogP contribution in [-0.2, 0) is 6.54 Å². The van der Waals surface area contributed by atoms with Crippen molar-refractivity contribution >= 4 is 17.5 Å². The van der Waals surface area contributed by atoms with Crippen LogP contribution in [0.4, 0.5) is 0 Å². The Bertz CT molecular complexity index is 627. The lowest BCUT2D eigenvalue weighted by molar-refractivity contribution is 0.0946. The summed E-state index contributed by atoms with van der Waals surface area (Å²) in [6.07, 6.45) is 4.18. The highest BCUT2D eigenvalue weighted by molar-refractivity contribution is 6.31. The Balaban J connectivity index is 1.93. The zero-order chi connectivity index (χ0) is 15.9. The van der Waals surface area contributed by atoms with E-state index in [1.807, 2.05) is 18.2 Å². The number of aromatic nitrogens is 1. The van der Waals surface area contributed by atoms with Crippen molar-refractivity contribution in [2.75, 3.05) is 0 Å². The van der Waals surface area contributed by atoms with Crippen LogP contribution in [0.1, 0.15) is 54.2 Å². The lowest BCUT2D eigenvalue weighted by Gasteiger charge is -2.06. The van der Waals surface area contributed by atoms with Crippen LogP contribution in [0.25, 0.3) is 0 Å². The molecule has 0 aliphatic rings. The van der Waals surface area contributed by atoms with Crippen LogP contribution in [-0.4, -0.2) is 10.9 Å². The van der Waals surface area contributed by atoms with Gasteiger partial charge in [-0.1, -0.05) is 49.6 Å². The molecule has 0 saturated carbocycles. The summed E-state index contributed by atoms with van der Waals surface area (Å²) in [5, 5.41) is 3.38. The van der Waals surface area contributed by atoms with Gasteiger partial charge in [-0.25, -0.2) is 4.98 Å². The number of rotatable bonds is 7. The normalized spacial score (nSPS) is 12.1. The second-order valence-electron chi connectivity index (χ2n) is 5.09. The molecule has 5 nitrogen and oxygen atoms in total. The lowest BCUT2D eigenvalue weighted by Crippen LogP contribution is -2.23. The Morgan fingerprint density at radius 1 is 1.45 bits per heavy atom. The Morgan fingerprint density at radius 2 is 2.23 bits per heavy atom. The molecule has 1 heterocycles. The van der Waals surface area contributed by atoms with E-state index in [0.717, 1.165) is 24.8 Å². The van der Waals surface area contributed by atoms with Crippen molar-refractivity contribution in [3.63, 3.8) is 0 Å². The maximum Gasteiger partial charge on any atom is 0.273 e. The summed E-state index contributed by atoms with van der Waals surface area (Å²) in [6.45, 7) is 2.43. The molecule has 0 radical (unpaired) electrons. The molecule has 2 aromatic rings. The number of nitrogens with zero attached hydrogens (tertiary/aromatic N) is 1. The Labute approximate surface area is 134 Å². The molecular formula is C16H20ClN3O2. The fourth-order valence-electron chi connectivity index (χ4n) is 2.02. The molecule has 3 N–H and O–H groups in total. The molecule has 0 bridgehead atoms. The zero-order valence-corrected chi connectivity index (χ0v) is 13.3. The SMILES string of the molecule is CCCCC(N)c1nc(C(=O)NCc2ccccc2Cl)co1. The fraction of sp³-hybridized carbons (Fsp3) is 0.375. The van der Waals surface area contributed by atoms with E-state index >= 15 is 0 Å². The van der Waals surface area contributed by atoms with Gasteiger partial charge in [0.15, 0.2) is 5.69 Å². The summed E-state index contributed by atoms with van der Waals surface area (Å²) >= 11 is 6.05. The number of halogens is 1. The van der Waals surface area contributed by atoms with Gasteiger partial charge in [0.05, 0.1) is 6.04 Å². The molecule has 1 unspecified atom stereocenters. The molecule has 2 rings (SSSR count). The molecule has 0 aliphatic heterocycles. The van der Waals surface area contributed by atoms with Crippen LogP contribution in [0.5, 0.6) is 0 Å². The quantitative estimate of drug-likeness (QED) is 0.818. The van der Waals surface area contributed by atoms with Gasteiger partial charge in [0.25, 0.3) is 5.91 Å². The fourth-order valence-corrected chi connectivity index (χ4v) is 2.22. The monoisotopic (exact) mass is 321 g/mol. The van der Waals surface area contributed by atoms with Crippen molar-refractivity contribution in [2.24, 2.45) is 5.73 Å². The topological polar surface area (TPSA) is 81.1 Å². The van der Waals surface area contributed by atoms with E-state index in [1.54, 1.807) is 6.07 Å². The number of carbonyl (C=O) groups is 1. The second-order valence-corrected chi connectivity index (χ2v) is 5.50. The molecule has 22 heavy (non-hydrogen) atoms. The molecule has 0 spiro atoms. The van der Waals surface area contributed by atoms with Crippen molar-refractivity contribution in [1.82, 2.24) is 10.3 Å². The van der Waals surface area contributed by atoms with Crippen molar-refractivity contribution in [1.29, 1.82) is 0 Å². The van der Waals surface area contributed by atoms with Crippen molar-refractivity contribution in [3.8, 4) is 0 Å². The highest BCUT2D eigenvalue weighted by Gasteiger charge is 2.16. The Kier molecular flexibility index (Phi) is 5.98. The highest BCUT2D eigenvalue weighted by Crippen LogP contribution is 2.17. The van der Waals surface area contributed by atoms with E-state index in [2.05, 4.69) is 17.2 Å². The smallest absolute Gasteiger partial charge is 0.273 e. The van der Waals surface area contributed by atoms with Crippen molar-refractivity contribution in [3.05, 3.63) is 52.7 Å². The predicted molar refractivity (Wildman–Crippen MR) is 85.6 cm³/mol. The summed E-state index contributed by atoms with van der Waals surface area (Å²) < 4.78 is 5.30. The molecule has 1 atom stereocenters. The number of carbonyl (C=O) groups excluding carboxylic acids is 1. The largest absolute Gasteiger partial charge is 0.446 e. The molecule has 6 heteroatoms. The average Bonchev–Trinajstić information content (AvgIpc) is 3.01. The summed E-state index contributed by atoms with van der Waals surface area (Å²) in [5.41, 5.74) is 7.05. The van der Waals surface area contributed by atoms with Gasteiger partial charge in [-0.05, 0) is 18.1 Å². The number of unbranched alkanes of at least 4 members (excludes halogenated alkanes) is 1. The van der Waals surface area contributed by atoms with Gasteiger partial charge in [0.1, 0.15) is 6.26 Å². The highest BCUT2D eigenvalue weighted by atomic mass is 35.5. The minimum Gasteiger partial charge on any atom is -0.446 e. The van der Waals surface area contributed by atoms with Crippen molar-refractivity contribution < 1.29 is 9.21 Å². The van der Waals surface area contributed by atoms with Crippen LogP contribution in [0, 0.1) is 0 Å². The lowest BCUT2D eigenvalue weighted by atomic mass is 10.1. The number of oxazole rings is 1. The first-order valence-corrected chi connectivity index (χ1v) is 7.72. The number of hydrogen-bond donors (Lipinski definition) is 2. The van der Waals surface area contributed by atoms with Crippen LogP contribution >= 0.6 is 11.6 Å². The molecule has 1 aromatic carbocycles. The molecule has 0 fully saturated rings. The van der Waals surface area contributed by atoms with Gasteiger partial charge in [0.2, 0.25) is 5.89 Å². The summed E-state index contributed by atoms with van der Waals surface area (Å²) in [5.74, 6) is 0.0916. The Morgan fingerprint density at radius 3 is 2.95 bits per heavy atom. The first kappa shape index (κ1) is 16.5. The maximum atomic E-state index is 12.1. The van der Waals surface area contributed by atoms with Crippen LogP contribution in [0.15, 0.2) is 34.9 Å².